The summed E-state index contributed by atoms with van der Waals surface area (Å²) >= 11 is 0. The molecule has 1 aromatic carbocycles. The molecule has 7 nitrogen and oxygen atoms in total. The van der Waals surface area contributed by atoms with Crippen LogP contribution in [0.1, 0.15) is 17.5 Å². The molecule has 1 aliphatic heterocycles. The highest BCUT2D eigenvalue weighted by Gasteiger charge is 2.25. The van der Waals surface area contributed by atoms with Gasteiger partial charge in [0.25, 0.3) is 5.69 Å². The van der Waals surface area contributed by atoms with Crippen molar-refractivity contribution in [3.8, 4) is 0 Å². The largest absolute Gasteiger partial charge is 0.379 e. The van der Waals surface area contributed by atoms with E-state index in [2.05, 4.69) is 5.32 Å². The van der Waals surface area contributed by atoms with E-state index in [0.29, 0.717) is 24.5 Å². The zero-order valence-electron chi connectivity index (χ0n) is 12.4. The number of hydrogen-bond donors (Lipinski definition) is 1. The van der Waals surface area contributed by atoms with Crippen molar-refractivity contribution in [1.29, 1.82) is 0 Å². The van der Waals surface area contributed by atoms with Crippen LogP contribution in [0, 0.1) is 24.0 Å². The van der Waals surface area contributed by atoms with Crippen LogP contribution in [-0.4, -0.2) is 42.2 Å². The molecular weight excluding hydrogens is 274 g/mol. The fraction of sp³-hybridized carbons (Fsp3) is 0.500. The third kappa shape index (κ3) is 3.30. The molecule has 0 bridgehead atoms. The summed E-state index contributed by atoms with van der Waals surface area (Å²) in [5.41, 5.74) is 1.83. The Morgan fingerprint density at radius 3 is 2.71 bits per heavy atom. The van der Waals surface area contributed by atoms with Gasteiger partial charge in [-0.15, -0.1) is 0 Å². The van der Waals surface area contributed by atoms with E-state index in [1.165, 1.54) is 6.07 Å². The Balaban J connectivity index is 2.16. The number of carbonyl (C=O) groups is 1. The Hall–Kier alpha value is -2.15. The molecule has 114 valence electrons. The highest BCUT2D eigenvalue weighted by Crippen LogP contribution is 2.26. The van der Waals surface area contributed by atoms with Gasteiger partial charge in [-0.05, 0) is 31.9 Å². The van der Waals surface area contributed by atoms with Gasteiger partial charge >= 0.3 is 6.03 Å². The van der Waals surface area contributed by atoms with Crippen LogP contribution in [0.4, 0.5) is 16.2 Å². The topological polar surface area (TPSA) is 84.7 Å². The first-order valence-electron chi connectivity index (χ1n) is 6.77. The number of ether oxygens (including phenoxy) is 1. The summed E-state index contributed by atoms with van der Waals surface area (Å²) in [6, 6.07) is 2.87. The number of carbonyl (C=O) groups excluding carboxylic acids is 1. The van der Waals surface area contributed by atoms with Crippen molar-refractivity contribution in [3.05, 3.63) is 33.4 Å². The minimum Gasteiger partial charge on any atom is -0.379 e. The first-order chi connectivity index (χ1) is 9.90. The number of rotatable bonds is 3. The van der Waals surface area contributed by atoms with Gasteiger partial charge in [0.1, 0.15) is 0 Å². The molecule has 0 aromatic heterocycles. The second-order valence-corrected chi connectivity index (χ2v) is 5.27. The fourth-order valence-electron chi connectivity index (χ4n) is 2.37. The number of nitrogens with zero attached hydrogens (tertiary/aromatic N) is 2. The van der Waals surface area contributed by atoms with Crippen molar-refractivity contribution in [2.24, 2.45) is 0 Å². The molecule has 1 fully saturated rings. The van der Waals surface area contributed by atoms with Gasteiger partial charge < -0.3 is 15.0 Å². The summed E-state index contributed by atoms with van der Waals surface area (Å²) in [6.07, 6.45) is 0.803. The van der Waals surface area contributed by atoms with Crippen molar-refractivity contribution in [2.45, 2.75) is 26.3 Å². The predicted octanol–water partition coefficient (Wildman–Crippen LogP) is 2.46. The van der Waals surface area contributed by atoms with Gasteiger partial charge in [-0.25, -0.2) is 4.79 Å². The number of urea groups is 1. The van der Waals surface area contributed by atoms with Crippen molar-refractivity contribution in [1.82, 2.24) is 4.90 Å². The second-order valence-electron chi connectivity index (χ2n) is 5.27. The smallest absolute Gasteiger partial charge is 0.321 e. The Kier molecular flexibility index (Phi) is 4.42. The van der Waals surface area contributed by atoms with Gasteiger partial charge in [0, 0.05) is 25.3 Å². The molecule has 0 unspecified atom stereocenters. The Morgan fingerprint density at radius 2 is 2.14 bits per heavy atom. The predicted molar refractivity (Wildman–Crippen MR) is 78.6 cm³/mol. The summed E-state index contributed by atoms with van der Waals surface area (Å²) in [7, 11) is 1.70. The van der Waals surface area contributed by atoms with Crippen LogP contribution in [0.5, 0.6) is 0 Å². The average molecular weight is 293 g/mol. The van der Waals surface area contributed by atoms with E-state index in [4.69, 9.17) is 4.74 Å². The minimum absolute atomic E-state index is 0.00255. The molecule has 0 radical (unpaired) electrons. The summed E-state index contributed by atoms with van der Waals surface area (Å²) in [5.74, 6) is 0. The average Bonchev–Trinajstić information content (AvgIpc) is 2.94. The molecule has 1 saturated heterocycles. The van der Waals surface area contributed by atoms with Crippen LogP contribution < -0.4 is 5.32 Å². The number of aryl methyl sites for hydroxylation is 2. The van der Waals surface area contributed by atoms with E-state index >= 15 is 0 Å². The molecule has 2 rings (SSSR count). The van der Waals surface area contributed by atoms with E-state index in [0.717, 1.165) is 12.0 Å². The standard InChI is InChI=1S/C14H19N3O4/c1-9-6-10(2)13(17(19)20)7-12(9)15-14(18)16(3)11-4-5-21-8-11/h6-7,11H,4-5,8H2,1-3H3,(H,15,18)/t11-/m0/s1. The fourth-order valence-corrected chi connectivity index (χ4v) is 2.37. The Bertz CT molecular complexity index is 568. The normalized spacial score (nSPS) is 17.6. The lowest BCUT2D eigenvalue weighted by Gasteiger charge is -2.24. The van der Waals surface area contributed by atoms with Crippen molar-refractivity contribution in [3.63, 3.8) is 0 Å². The maximum Gasteiger partial charge on any atom is 0.321 e. The van der Waals surface area contributed by atoms with Gasteiger partial charge in [0.2, 0.25) is 0 Å². The van der Waals surface area contributed by atoms with Gasteiger partial charge in [-0.2, -0.15) is 0 Å². The number of amides is 2. The van der Waals surface area contributed by atoms with Crippen LogP contribution in [0.2, 0.25) is 0 Å². The van der Waals surface area contributed by atoms with Crippen molar-refractivity contribution >= 4 is 17.4 Å². The van der Waals surface area contributed by atoms with Gasteiger partial charge in [-0.1, -0.05) is 0 Å². The molecule has 1 N–H and O–H groups in total. The third-order valence-corrected chi connectivity index (χ3v) is 3.75. The van der Waals surface area contributed by atoms with E-state index in [-0.39, 0.29) is 17.8 Å². The van der Waals surface area contributed by atoms with Crippen LogP contribution in [-0.2, 0) is 4.74 Å². The Morgan fingerprint density at radius 1 is 1.43 bits per heavy atom. The quantitative estimate of drug-likeness (QED) is 0.685. The molecule has 0 spiro atoms. The SMILES string of the molecule is Cc1cc(C)c([N+](=O)[O-])cc1NC(=O)N(C)[C@H]1CCOC1. The first-order valence-corrected chi connectivity index (χ1v) is 6.77. The molecule has 0 aliphatic carbocycles. The molecule has 1 aromatic rings. The number of nitrogens with one attached hydrogen (secondary N) is 1. The lowest BCUT2D eigenvalue weighted by molar-refractivity contribution is -0.385. The summed E-state index contributed by atoms with van der Waals surface area (Å²) in [5, 5.41) is 13.7. The molecule has 7 heteroatoms. The highest BCUT2D eigenvalue weighted by molar-refractivity contribution is 5.90. The van der Waals surface area contributed by atoms with E-state index in [9.17, 15) is 14.9 Å². The van der Waals surface area contributed by atoms with Gasteiger partial charge in [0.05, 0.1) is 23.3 Å². The van der Waals surface area contributed by atoms with Crippen LogP contribution in [0.25, 0.3) is 0 Å². The number of likely N-dealkylation sites (N-methyl/N-ethyl adjacent to an activating group) is 1. The lowest BCUT2D eigenvalue weighted by atomic mass is 10.1. The molecule has 1 atom stereocenters. The summed E-state index contributed by atoms with van der Waals surface area (Å²) < 4.78 is 5.26. The number of benzene rings is 1. The zero-order valence-corrected chi connectivity index (χ0v) is 12.4. The highest BCUT2D eigenvalue weighted by atomic mass is 16.6. The third-order valence-electron chi connectivity index (χ3n) is 3.75. The number of anilines is 1. The first kappa shape index (κ1) is 15.2. The van der Waals surface area contributed by atoms with Crippen LogP contribution >= 0.6 is 0 Å². The van der Waals surface area contributed by atoms with Crippen molar-refractivity contribution in [2.75, 3.05) is 25.6 Å². The molecule has 1 aliphatic rings. The number of nitro groups is 1. The monoisotopic (exact) mass is 293 g/mol. The van der Waals surface area contributed by atoms with Gasteiger partial charge in [-0.3, -0.25) is 10.1 Å². The van der Waals surface area contributed by atoms with E-state index < -0.39 is 4.92 Å². The molecule has 1 heterocycles. The minimum atomic E-state index is -0.445. The molecule has 2 amide bonds. The van der Waals surface area contributed by atoms with Gasteiger partial charge in [0.15, 0.2) is 0 Å². The lowest BCUT2D eigenvalue weighted by Crippen LogP contribution is -2.40. The van der Waals surface area contributed by atoms with Crippen LogP contribution in [0.3, 0.4) is 0 Å². The maximum atomic E-state index is 12.2. The van der Waals surface area contributed by atoms with Crippen molar-refractivity contribution < 1.29 is 14.5 Å². The summed E-state index contributed by atoms with van der Waals surface area (Å²) in [4.78, 5) is 24.3. The number of nitro benzene ring substituents is 1. The second kappa shape index (κ2) is 6.09. The van der Waals surface area contributed by atoms with E-state index in [1.807, 2.05) is 6.92 Å². The zero-order chi connectivity index (χ0) is 15.6. The number of hydrogen-bond acceptors (Lipinski definition) is 4. The molecular formula is C14H19N3O4. The van der Waals surface area contributed by atoms with E-state index in [1.54, 1.807) is 24.9 Å². The van der Waals surface area contributed by atoms with Crippen LogP contribution in [0.15, 0.2) is 12.1 Å². The Labute approximate surface area is 123 Å². The summed E-state index contributed by atoms with van der Waals surface area (Å²) in [6.45, 7) is 4.66. The maximum absolute atomic E-state index is 12.2. The molecule has 21 heavy (non-hydrogen) atoms. The molecule has 0 saturated carbocycles.